The first-order valence-electron chi connectivity index (χ1n) is 5.64. The van der Waals surface area contributed by atoms with E-state index in [1.807, 2.05) is 10.9 Å². The highest BCUT2D eigenvalue weighted by atomic mass is 127. The molecule has 0 aliphatic rings. The maximum absolute atomic E-state index is 6.28. The molecule has 0 aliphatic heterocycles. The van der Waals surface area contributed by atoms with E-state index in [0.29, 0.717) is 17.5 Å². The fourth-order valence-corrected chi connectivity index (χ4v) is 3.76. The minimum Gasteiger partial charge on any atom is -0.264 e. The van der Waals surface area contributed by atoms with Crippen LogP contribution in [0.25, 0.3) is 10.2 Å². The van der Waals surface area contributed by atoms with Gasteiger partial charge in [-0.15, -0.1) is 11.3 Å². The second-order valence-electron chi connectivity index (χ2n) is 4.25. The summed E-state index contributed by atoms with van der Waals surface area (Å²) in [6.07, 6.45) is 3.76. The zero-order valence-electron chi connectivity index (χ0n) is 10.3. The monoisotopic (exact) mass is 404 g/mol. The Morgan fingerprint density at radius 2 is 2.16 bits per heavy atom. The number of nitrogens with zero attached hydrogens (tertiary/aromatic N) is 4. The third kappa shape index (κ3) is 2.48. The Kier molecular flexibility index (Phi) is 3.48. The highest BCUT2D eigenvalue weighted by molar-refractivity contribution is 14.1. The van der Waals surface area contributed by atoms with Gasteiger partial charge in [-0.2, -0.15) is 5.10 Å². The van der Waals surface area contributed by atoms with Crippen LogP contribution in [0.4, 0.5) is 0 Å². The standard InChI is InChI=1S/C12H10ClIN4S/c1-6-7(2)19-12-10(6)11(13)16-9(17-12)5-18-4-8(14)3-15-18/h3-4H,5H2,1-2H3. The van der Waals surface area contributed by atoms with Gasteiger partial charge in [-0.25, -0.2) is 9.97 Å². The first kappa shape index (κ1) is 13.3. The molecule has 19 heavy (non-hydrogen) atoms. The van der Waals surface area contributed by atoms with E-state index in [0.717, 1.165) is 13.8 Å². The van der Waals surface area contributed by atoms with Crippen LogP contribution >= 0.6 is 45.5 Å². The smallest absolute Gasteiger partial charge is 0.153 e. The van der Waals surface area contributed by atoms with Gasteiger partial charge in [0, 0.05) is 11.1 Å². The van der Waals surface area contributed by atoms with Crippen molar-refractivity contribution in [3.8, 4) is 0 Å². The third-order valence-corrected chi connectivity index (χ3v) is 4.87. The highest BCUT2D eigenvalue weighted by Gasteiger charge is 2.13. The summed E-state index contributed by atoms with van der Waals surface area (Å²) in [5, 5.41) is 5.74. The largest absolute Gasteiger partial charge is 0.264 e. The van der Waals surface area contributed by atoms with E-state index < -0.39 is 0 Å². The minimum absolute atomic E-state index is 0.531. The Labute approximate surface area is 133 Å². The lowest BCUT2D eigenvalue weighted by Crippen LogP contribution is -2.04. The Hall–Kier alpha value is -0.730. The zero-order valence-corrected chi connectivity index (χ0v) is 14.0. The molecule has 0 aliphatic carbocycles. The zero-order chi connectivity index (χ0) is 13.6. The Bertz CT molecular complexity index is 765. The highest BCUT2D eigenvalue weighted by Crippen LogP contribution is 2.32. The van der Waals surface area contributed by atoms with Crippen molar-refractivity contribution in [1.82, 2.24) is 19.7 Å². The van der Waals surface area contributed by atoms with Crippen LogP contribution in [0.5, 0.6) is 0 Å². The van der Waals surface area contributed by atoms with Gasteiger partial charge in [-0.1, -0.05) is 11.6 Å². The quantitative estimate of drug-likeness (QED) is 0.482. The number of rotatable bonds is 2. The summed E-state index contributed by atoms with van der Waals surface area (Å²) in [4.78, 5) is 11.1. The maximum atomic E-state index is 6.28. The maximum Gasteiger partial charge on any atom is 0.153 e. The van der Waals surface area contributed by atoms with E-state index in [1.54, 1.807) is 17.5 Å². The van der Waals surface area contributed by atoms with Gasteiger partial charge in [0.25, 0.3) is 0 Å². The van der Waals surface area contributed by atoms with Crippen LogP contribution in [-0.2, 0) is 6.54 Å². The van der Waals surface area contributed by atoms with Gasteiger partial charge in [0.2, 0.25) is 0 Å². The summed E-state index contributed by atoms with van der Waals surface area (Å²) in [6.45, 7) is 4.67. The lowest BCUT2D eigenvalue weighted by atomic mass is 10.2. The SMILES string of the molecule is Cc1sc2nc(Cn3cc(I)cn3)nc(Cl)c2c1C. The average molecular weight is 405 g/mol. The van der Waals surface area contributed by atoms with E-state index in [4.69, 9.17) is 11.6 Å². The molecule has 0 fully saturated rings. The van der Waals surface area contributed by atoms with Gasteiger partial charge >= 0.3 is 0 Å². The molecule has 0 spiro atoms. The Morgan fingerprint density at radius 1 is 1.37 bits per heavy atom. The lowest BCUT2D eigenvalue weighted by Gasteiger charge is -2.02. The molecule has 3 heterocycles. The molecular formula is C12H10ClIN4S. The third-order valence-electron chi connectivity index (χ3n) is 2.94. The molecule has 7 heteroatoms. The second kappa shape index (κ2) is 4.99. The number of thiophene rings is 1. The molecule has 0 aromatic carbocycles. The summed E-state index contributed by atoms with van der Waals surface area (Å²) in [7, 11) is 0. The normalized spacial score (nSPS) is 11.4. The fourth-order valence-electron chi connectivity index (χ4n) is 1.88. The fraction of sp³-hybridized carbons (Fsp3) is 0.250. The van der Waals surface area contributed by atoms with Crippen molar-refractivity contribution in [2.75, 3.05) is 0 Å². The van der Waals surface area contributed by atoms with E-state index in [2.05, 4.69) is 51.5 Å². The predicted molar refractivity (Wildman–Crippen MR) is 85.9 cm³/mol. The van der Waals surface area contributed by atoms with Crippen molar-refractivity contribution in [2.45, 2.75) is 20.4 Å². The predicted octanol–water partition coefficient (Wildman–Crippen LogP) is 3.81. The number of fused-ring (bicyclic) bond motifs is 1. The van der Waals surface area contributed by atoms with Crippen LogP contribution in [0, 0.1) is 17.4 Å². The minimum atomic E-state index is 0.531. The Morgan fingerprint density at radius 3 is 2.84 bits per heavy atom. The second-order valence-corrected chi connectivity index (χ2v) is 7.06. The average Bonchev–Trinajstić information content (AvgIpc) is 2.85. The Balaban J connectivity index is 2.06. The van der Waals surface area contributed by atoms with Crippen molar-refractivity contribution in [3.63, 3.8) is 0 Å². The summed E-state index contributed by atoms with van der Waals surface area (Å²) in [5.41, 5.74) is 1.17. The molecule has 3 aromatic rings. The molecule has 0 amide bonds. The molecule has 0 N–H and O–H groups in total. The summed E-state index contributed by atoms with van der Waals surface area (Å²) < 4.78 is 2.90. The molecule has 0 radical (unpaired) electrons. The lowest BCUT2D eigenvalue weighted by molar-refractivity contribution is 0.658. The molecule has 0 saturated heterocycles. The van der Waals surface area contributed by atoms with Crippen molar-refractivity contribution < 1.29 is 0 Å². The molecule has 3 rings (SSSR count). The van der Waals surface area contributed by atoms with Gasteiger partial charge < -0.3 is 0 Å². The summed E-state index contributed by atoms with van der Waals surface area (Å²) in [6, 6.07) is 0. The molecule has 0 bridgehead atoms. The van der Waals surface area contributed by atoms with Crippen LogP contribution in [0.3, 0.4) is 0 Å². The van der Waals surface area contributed by atoms with Gasteiger partial charge in [0.15, 0.2) is 5.82 Å². The molecule has 0 saturated carbocycles. The van der Waals surface area contributed by atoms with E-state index in [9.17, 15) is 0 Å². The molecule has 0 unspecified atom stereocenters. The molecule has 98 valence electrons. The molecule has 0 atom stereocenters. The van der Waals surface area contributed by atoms with Crippen LogP contribution in [0.15, 0.2) is 12.4 Å². The van der Waals surface area contributed by atoms with Crippen LogP contribution in [0.2, 0.25) is 5.15 Å². The number of hydrogen-bond acceptors (Lipinski definition) is 4. The van der Waals surface area contributed by atoms with Crippen molar-refractivity contribution in [1.29, 1.82) is 0 Å². The van der Waals surface area contributed by atoms with Gasteiger partial charge in [-0.3, -0.25) is 4.68 Å². The van der Waals surface area contributed by atoms with E-state index >= 15 is 0 Å². The first-order valence-corrected chi connectivity index (χ1v) is 7.92. The van der Waals surface area contributed by atoms with Crippen molar-refractivity contribution in [3.05, 3.63) is 37.4 Å². The first-order chi connectivity index (χ1) is 9.04. The topological polar surface area (TPSA) is 43.6 Å². The number of hydrogen-bond donors (Lipinski definition) is 0. The molecular weight excluding hydrogens is 395 g/mol. The van der Waals surface area contributed by atoms with E-state index in [1.165, 1.54) is 10.4 Å². The summed E-state index contributed by atoms with van der Waals surface area (Å²) in [5.74, 6) is 0.693. The van der Waals surface area contributed by atoms with Crippen LogP contribution in [-0.4, -0.2) is 19.7 Å². The van der Waals surface area contributed by atoms with Gasteiger partial charge in [0.1, 0.15) is 16.5 Å². The van der Waals surface area contributed by atoms with Gasteiger partial charge in [-0.05, 0) is 42.0 Å². The number of halogens is 2. The van der Waals surface area contributed by atoms with Crippen molar-refractivity contribution in [2.24, 2.45) is 0 Å². The number of aromatic nitrogens is 4. The van der Waals surface area contributed by atoms with Crippen LogP contribution < -0.4 is 0 Å². The van der Waals surface area contributed by atoms with Crippen LogP contribution in [0.1, 0.15) is 16.3 Å². The van der Waals surface area contributed by atoms with Gasteiger partial charge in [0.05, 0.1) is 15.2 Å². The van der Waals surface area contributed by atoms with Crippen molar-refractivity contribution >= 4 is 55.7 Å². The molecule has 3 aromatic heterocycles. The summed E-state index contributed by atoms with van der Waals surface area (Å²) >= 11 is 10.2. The molecule has 4 nitrogen and oxygen atoms in total. The van der Waals surface area contributed by atoms with E-state index in [-0.39, 0.29) is 0 Å². The number of aryl methyl sites for hydroxylation is 2.